The quantitative estimate of drug-likeness (QED) is 0.477. The van der Waals surface area contributed by atoms with Crippen molar-refractivity contribution < 1.29 is 52.1 Å². The van der Waals surface area contributed by atoms with Crippen molar-refractivity contribution in [1.29, 1.82) is 0 Å². The first-order valence-electron chi connectivity index (χ1n) is 7.81. The fourth-order valence-electron chi connectivity index (χ4n) is 1.93. The minimum atomic E-state index is -4.00. The van der Waals surface area contributed by atoms with Crippen LogP contribution in [0.1, 0.15) is 20.3 Å². The summed E-state index contributed by atoms with van der Waals surface area (Å²) in [7, 11) is -8.01. The van der Waals surface area contributed by atoms with Gasteiger partial charge in [0, 0.05) is 26.2 Å². The van der Waals surface area contributed by atoms with E-state index in [1.165, 1.54) is 35.4 Å². The molecular weight excluding hydrogens is 480 g/mol. The van der Waals surface area contributed by atoms with Gasteiger partial charge in [0.05, 0.1) is 9.79 Å². The Bertz CT molecular complexity index is 929. The van der Waals surface area contributed by atoms with Crippen LogP contribution in [0.15, 0.2) is 87.7 Å². The van der Waals surface area contributed by atoms with Gasteiger partial charge in [0.15, 0.2) is 0 Å². The summed E-state index contributed by atoms with van der Waals surface area (Å²) in [6.45, 7) is 4.18. The molecule has 1 aliphatic rings. The zero-order chi connectivity index (χ0) is 20.5. The smallest absolute Gasteiger partial charge is 0.282 e. The molecule has 3 rings (SSSR count). The van der Waals surface area contributed by atoms with Gasteiger partial charge in [-0.15, -0.1) is 0 Å². The van der Waals surface area contributed by atoms with Crippen LogP contribution in [0.25, 0.3) is 0 Å². The summed E-state index contributed by atoms with van der Waals surface area (Å²) in [5.74, 6) is 0. The zero-order valence-electron chi connectivity index (χ0n) is 15.4. The van der Waals surface area contributed by atoms with E-state index in [-0.39, 0.29) is 36.0 Å². The number of hydrogen-bond donors (Lipinski definition) is 2. The molecule has 0 bridgehead atoms. The van der Waals surface area contributed by atoms with Crippen molar-refractivity contribution in [2.75, 3.05) is 0 Å². The molecule has 0 saturated heterocycles. The minimum absolute atomic E-state index is 0. The second-order valence-electron chi connectivity index (χ2n) is 5.57. The maximum atomic E-state index is 10.4. The number of benzene rings is 2. The number of allylic oxidation sites excluding steroid dienone is 4. The van der Waals surface area contributed by atoms with Crippen molar-refractivity contribution in [2.24, 2.45) is 0 Å². The van der Waals surface area contributed by atoms with Crippen molar-refractivity contribution in [3.8, 4) is 0 Å². The van der Waals surface area contributed by atoms with Crippen LogP contribution in [-0.2, 0) is 46.4 Å². The largest absolute Gasteiger partial charge is 0.294 e. The predicted octanol–water partition coefficient (Wildman–Crippen LogP) is 3.95. The summed E-state index contributed by atoms with van der Waals surface area (Å²) in [4.78, 5) is -0.148. The topological polar surface area (TPSA) is 109 Å². The van der Waals surface area contributed by atoms with Crippen LogP contribution in [-0.4, -0.2) is 25.9 Å². The molecule has 6 nitrogen and oxygen atoms in total. The van der Waals surface area contributed by atoms with Gasteiger partial charge in [-0.1, -0.05) is 56.7 Å². The van der Waals surface area contributed by atoms with Gasteiger partial charge in [-0.2, -0.15) is 22.4 Å². The van der Waals surface area contributed by atoms with Crippen molar-refractivity contribution >= 4 is 20.2 Å². The van der Waals surface area contributed by atoms with Gasteiger partial charge in [0.1, 0.15) is 0 Å². The molecule has 0 aliphatic heterocycles. The van der Waals surface area contributed by atoms with E-state index in [4.69, 9.17) is 9.11 Å². The molecule has 2 aromatic carbocycles. The Hall–Kier alpha value is -1.38. The third kappa shape index (κ3) is 10.8. The van der Waals surface area contributed by atoms with Gasteiger partial charge in [-0.05, 0) is 24.3 Å². The third-order valence-electron chi connectivity index (χ3n) is 3.21. The Morgan fingerprint density at radius 2 is 1.11 bits per heavy atom. The van der Waals surface area contributed by atoms with Crippen LogP contribution < -0.4 is 0 Å². The van der Waals surface area contributed by atoms with Gasteiger partial charge < -0.3 is 0 Å². The Kier molecular flexibility index (Phi) is 11.6. The fourth-order valence-corrected chi connectivity index (χ4v) is 2.93. The first-order chi connectivity index (χ1) is 12.5. The first-order valence-corrected chi connectivity index (χ1v) is 10.7. The van der Waals surface area contributed by atoms with Crippen LogP contribution in [0.4, 0.5) is 0 Å². The van der Waals surface area contributed by atoms with Gasteiger partial charge in [-0.25, -0.2) is 11.6 Å². The maximum absolute atomic E-state index is 10.4. The standard InChI is InChI=1S/C7H9.2C6H6O3S.Zr/c1-6-3-4-7(2)5-6;2*7-10(8,9)6-4-2-1-3-5-6;/h3H,4H2,1-2H3;2*1-5H,(H,7,8,9);/q-1;;;. The second-order valence-corrected chi connectivity index (χ2v) is 8.42. The fraction of sp³-hybridized carbons (Fsp3) is 0.158. The molecule has 0 saturated carbocycles. The average molecular weight is 501 g/mol. The number of rotatable bonds is 2. The zero-order valence-corrected chi connectivity index (χ0v) is 19.5. The van der Waals surface area contributed by atoms with E-state index < -0.39 is 20.2 Å². The maximum Gasteiger partial charge on any atom is 0.294 e. The van der Waals surface area contributed by atoms with E-state index in [2.05, 4.69) is 26.0 Å². The molecule has 0 spiro atoms. The molecule has 0 radical (unpaired) electrons. The molecule has 9 heteroatoms. The molecule has 1 aliphatic carbocycles. The SMILES string of the molecule is CC1=[C-]C(C)=CC1.O=S(=O)(O)c1ccccc1.O=S(=O)(O)c1ccccc1.[Zr]. The van der Waals surface area contributed by atoms with Gasteiger partial charge in [-0.3, -0.25) is 15.2 Å². The molecule has 0 aromatic heterocycles. The molecule has 0 amide bonds. The minimum Gasteiger partial charge on any atom is -0.282 e. The number of hydrogen-bond acceptors (Lipinski definition) is 4. The molecule has 0 unspecified atom stereocenters. The van der Waals surface area contributed by atoms with Crippen molar-refractivity contribution in [3.63, 3.8) is 0 Å². The normalized spacial score (nSPS) is 12.9. The Balaban J connectivity index is 0.000000390. The second kappa shape index (κ2) is 12.2. The molecule has 2 N–H and O–H groups in total. The molecule has 2 aromatic rings. The Morgan fingerprint density at radius 3 is 1.25 bits per heavy atom. The van der Waals surface area contributed by atoms with Gasteiger partial charge in [0.2, 0.25) is 0 Å². The average Bonchev–Trinajstić information content (AvgIpc) is 2.99. The Labute approximate surface area is 185 Å². The van der Waals surface area contributed by atoms with E-state index in [1.54, 1.807) is 36.4 Å². The van der Waals surface area contributed by atoms with Crippen LogP contribution in [0, 0.1) is 6.08 Å². The van der Waals surface area contributed by atoms with Crippen molar-refractivity contribution in [3.05, 3.63) is 84.0 Å². The third-order valence-corrected chi connectivity index (χ3v) is 4.94. The van der Waals surface area contributed by atoms with Crippen LogP contribution in [0.2, 0.25) is 0 Å². The molecule has 0 atom stereocenters. The molecular formula is C19H21O6S2Zr-. The van der Waals surface area contributed by atoms with Crippen LogP contribution >= 0.6 is 0 Å². The molecule has 150 valence electrons. The van der Waals surface area contributed by atoms with Crippen LogP contribution in [0.3, 0.4) is 0 Å². The van der Waals surface area contributed by atoms with E-state index in [0.29, 0.717) is 0 Å². The van der Waals surface area contributed by atoms with Gasteiger partial charge >= 0.3 is 0 Å². The van der Waals surface area contributed by atoms with Crippen molar-refractivity contribution in [2.45, 2.75) is 30.1 Å². The first kappa shape index (κ1) is 26.6. The summed E-state index contributed by atoms with van der Waals surface area (Å²) in [5.41, 5.74) is 2.65. The van der Waals surface area contributed by atoms with Crippen molar-refractivity contribution in [1.82, 2.24) is 0 Å². The summed E-state index contributed by atoms with van der Waals surface area (Å²) in [6.07, 6.45) is 6.50. The van der Waals surface area contributed by atoms with E-state index in [9.17, 15) is 16.8 Å². The molecule has 28 heavy (non-hydrogen) atoms. The summed E-state index contributed by atoms with van der Waals surface area (Å²) in [5, 5.41) is 0. The monoisotopic (exact) mass is 499 g/mol. The van der Waals surface area contributed by atoms with E-state index >= 15 is 0 Å². The predicted molar refractivity (Wildman–Crippen MR) is 103 cm³/mol. The van der Waals surface area contributed by atoms with E-state index in [1.807, 2.05) is 0 Å². The summed E-state index contributed by atoms with van der Waals surface area (Å²) >= 11 is 0. The summed E-state index contributed by atoms with van der Waals surface area (Å²) in [6, 6.07) is 14.8. The van der Waals surface area contributed by atoms with Crippen LogP contribution in [0.5, 0.6) is 0 Å². The summed E-state index contributed by atoms with van der Waals surface area (Å²) < 4.78 is 58.5. The molecule has 0 fully saturated rings. The Morgan fingerprint density at radius 1 is 0.750 bits per heavy atom. The van der Waals surface area contributed by atoms with Gasteiger partial charge in [0.25, 0.3) is 20.2 Å². The van der Waals surface area contributed by atoms with E-state index in [0.717, 1.165) is 6.42 Å². The molecule has 0 heterocycles.